The fourth-order valence-electron chi connectivity index (χ4n) is 3.81. The molecule has 12 nitrogen and oxygen atoms in total. The Bertz CT molecular complexity index is 1210. The van der Waals surface area contributed by atoms with Crippen molar-refractivity contribution in [2.24, 2.45) is 0 Å². The maximum atomic E-state index is 14.8. The molecule has 2 unspecified atom stereocenters. The Morgan fingerprint density at radius 2 is 1.02 bits per heavy atom. The number of nitro benzene ring substituents is 2. The van der Waals surface area contributed by atoms with Crippen molar-refractivity contribution >= 4 is 72.8 Å². The van der Waals surface area contributed by atoms with E-state index in [9.17, 15) is 29.4 Å². The monoisotopic (exact) mass is 720 g/mol. The summed E-state index contributed by atoms with van der Waals surface area (Å²) < 4.78 is 41.5. The lowest BCUT2D eigenvalue weighted by Gasteiger charge is -2.42. The number of nitrogens with zero attached hydrogens (tertiary/aromatic N) is 4. The van der Waals surface area contributed by atoms with E-state index in [1.165, 1.54) is 72.0 Å². The fraction of sp³-hybridized carbons (Fsp3) is 0.520. The Kier molecular flexibility index (Phi) is 15.3. The Morgan fingerprint density at radius 3 is 1.30 bits per heavy atom. The average Bonchev–Trinajstić information content (AvgIpc) is 2.98. The van der Waals surface area contributed by atoms with Crippen molar-refractivity contribution in [1.82, 2.24) is 9.34 Å². The van der Waals surface area contributed by atoms with E-state index in [1.54, 1.807) is 0 Å². The molecule has 240 valence electrons. The zero-order valence-electron chi connectivity index (χ0n) is 23.7. The molecule has 18 heteroatoms. The smallest absolute Gasteiger partial charge is 0.310 e. The van der Waals surface area contributed by atoms with E-state index in [1.807, 2.05) is 0 Å². The Labute approximate surface area is 270 Å². The van der Waals surface area contributed by atoms with Gasteiger partial charge in [-0.1, -0.05) is 23.2 Å². The second kappa shape index (κ2) is 17.4. The van der Waals surface area contributed by atoms with Crippen molar-refractivity contribution in [1.29, 1.82) is 0 Å². The highest BCUT2D eigenvalue weighted by molar-refractivity contribution is 7.82. The van der Waals surface area contributed by atoms with Crippen LogP contribution in [-0.2, 0) is 31.4 Å². The van der Waals surface area contributed by atoms with E-state index in [2.05, 4.69) is 0 Å². The number of rotatable bonds is 20. The molecule has 0 spiro atoms. The van der Waals surface area contributed by atoms with Crippen LogP contribution in [0.1, 0.15) is 36.8 Å². The molecule has 0 N–H and O–H groups in total. The Balaban J connectivity index is 2.50. The Hall–Kier alpha value is -1.30. The molecular weight excluding hydrogens is 688 g/mol. The molecule has 0 saturated carbocycles. The molecule has 43 heavy (non-hydrogen) atoms. The fourth-order valence-corrected chi connectivity index (χ4v) is 11.8. The molecule has 0 aliphatic carbocycles. The summed E-state index contributed by atoms with van der Waals surface area (Å²) in [6.45, 7) is -0.309. The molecule has 0 amide bonds. The second-order valence-corrected chi connectivity index (χ2v) is 18.3. The van der Waals surface area contributed by atoms with Crippen LogP contribution in [0.25, 0.3) is 0 Å². The molecule has 0 saturated heterocycles. The molecule has 0 fully saturated rings. The summed E-state index contributed by atoms with van der Waals surface area (Å²) in [6.07, 6.45) is 2.15. The van der Waals surface area contributed by atoms with Crippen molar-refractivity contribution < 1.29 is 28.0 Å². The summed E-state index contributed by atoms with van der Waals surface area (Å²) in [4.78, 5) is 21.0. The first-order chi connectivity index (χ1) is 20.2. The third kappa shape index (κ3) is 9.84. The summed E-state index contributed by atoms with van der Waals surface area (Å²) in [5.41, 5.74) is 0.580. The number of unbranched alkanes of at least 4 members (excludes halogenated alkanes) is 2. The van der Waals surface area contributed by atoms with Crippen LogP contribution < -0.4 is 0 Å². The van der Waals surface area contributed by atoms with Crippen LogP contribution in [0.15, 0.2) is 48.5 Å². The second-order valence-electron chi connectivity index (χ2n) is 9.50. The summed E-state index contributed by atoms with van der Waals surface area (Å²) in [6, 6.07) is 10.8. The van der Waals surface area contributed by atoms with Gasteiger partial charge in [-0.3, -0.25) is 29.4 Å². The van der Waals surface area contributed by atoms with Crippen molar-refractivity contribution in [3.05, 3.63) is 79.9 Å². The molecular formula is C25H34Cl4N4O8P2. The maximum Gasteiger partial charge on any atom is 0.319 e. The van der Waals surface area contributed by atoms with Gasteiger partial charge in [0.05, 0.1) is 23.1 Å². The van der Waals surface area contributed by atoms with E-state index in [0.29, 0.717) is 48.6 Å². The highest BCUT2D eigenvalue weighted by Gasteiger charge is 2.65. The number of hydrogen-bond acceptors (Lipinski definition) is 8. The molecule has 0 heterocycles. The third-order valence-electron chi connectivity index (χ3n) is 6.42. The van der Waals surface area contributed by atoms with Crippen molar-refractivity contribution in [3.63, 3.8) is 0 Å². The summed E-state index contributed by atoms with van der Waals surface area (Å²) in [7, 11) is -5.99. The predicted molar refractivity (Wildman–Crippen MR) is 171 cm³/mol. The summed E-state index contributed by atoms with van der Waals surface area (Å²) in [5.74, 6) is 0.712. The van der Waals surface area contributed by atoms with E-state index < -0.39 is 28.7 Å². The van der Waals surface area contributed by atoms with Crippen LogP contribution in [0.3, 0.4) is 0 Å². The minimum Gasteiger partial charge on any atom is -0.310 e. The maximum absolute atomic E-state index is 14.8. The summed E-state index contributed by atoms with van der Waals surface area (Å²) >= 11 is 25.5. The summed E-state index contributed by atoms with van der Waals surface area (Å²) in [5, 5.41) is 22.1. The quantitative estimate of drug-likeness (QED) is 0.0428. The molecule has 0 aliphatic rings. The molecule has 0 radical (unpaired) electrons. The van der Waals surface area contributed by atoms with Gasteiger partial charge in [-0.25, -0.2) is 9.34 Å². The number of hydrogen-bond donors (Lipinski definition) is 0. The average molecular weight is 722 g/mol. The SMILES string of the molecule is CN(CCCCCl)P(=O)(OCc1ccc([N+](=O)[O-])cc1)C(Cl)(Cl)P(=O)(OCc1ccc([N+](=O)[O-])cc1)N(C)CCCCCl. The highest BCUT2D eigenvalue weighted by Crippen LogP contribution is 2.82. The first kappa shape index (κ1) is 37.9. The molecule has 2 atom stereocenters. The zero-order chi connectivity index (χ0) is 32.3. The van der Waals surface area contributed by atoms with Crippen LogP contribution in [-0.4, -0.2) is 61.9 Å². The van der Waals surface area contributed by atoms with Gasteiger partial charge in [-0.05, 0) is 75.2 Å². The number of alkyl halides is 4. The van der Waals surface area contributed by atoms with E-state index in [-0.39, 0.29) is 37.7 Å². The van der Waals surface area contributed by atoms with E-state index in [4.69, 9.17) is 55.5 Å². The van der Waals surface area contributed by atoms with E-state index in [0.717, 1.165) is 0 Å². The van der Waals surface area contributed by atoms with Crippen molar-refractivity contribution in [2.45, 2.75) is 42.7 Å². The molecule has 0 aromatic heterocycles. The molecule has 0 aliphatic heterocycles. The number of benzene rings is 2. The normalized spacial score (nSPS) is 14.9. The van der Waals surface area contributed by atoms with E-state index >= 15 is 0 Å². The molecule has 2 rings (SSSR count). The third-order valence-corrected chi connectivity index (χ3v) is 15.5. The van der Waals surface area contributed by atoms with Gasteiger partial charge in [0.25, 0.3) is 15.2 Å². The minimum atomic E-state index is -4.46. The van der Waals surface area contributed by atoms with Crippen LogP contribution in [0.5, 0.6) is 0 Å². The molecule has 2 aromatic rings. The van der Waals surface area contributed by atoms with Crippen LogP contribution in [0.2, 0.25) is 0 Å². The zero-order valence-corrected chi connectivity index (χ0v) is 28.5. The van der Waals surface area contributed by atoms with Gasteiger partial charge in [0, 0.05) is 49.1 Å². The standard InChI is InChI=1S/C25H34Cl4N4O8P2/c1-30(17-5-3-15-26)42(38,40-19-21-7-11-23(12-8-21)32(34)35)25(28,29)43(39,31(2)18-6-4-16-27)41-20-22-9-13-24(14-10-22)33(36)37/h7-14H,3-6,15-20H2,1-2H3. The predicted octanol–water partition coefficient (Wildman–Crippen LogP) is 8.61. The minimum absolute atomic E-state index is 0.142. The van der Waals surface area contributed by atoms with Gasteiger partial charge in [-0.15, -0.1) is 23.2 Å². The van der Waals surface area contributed by atoms with Gasteiger partial charge in [-0.2, -0.15) is 0 Å². The lowest BCUT2D eigenvalue weighted by Crippen LogP contribution is -2.35. The van der Waals surface area contributed by atoms with Crippen LogP contribution in [0, 0.1) is 20.2 Å². The number of halogens is 4. The van der Waals surface area contributed by atoms with Gasteiger partial charge in [0.2, 0.25) is 0 Å². The number of nitro groups is 2. The van der Waals surface area contributed by atoms with Crippen LogP contribution in [0.4, 0.5) is 11.4 Å². The highest BCUT2D eigenvalue weighted by atomic mass is 35.5. The molecule has 2 aromatic carbocycles. The molecule has 0 bridgehead atoms. The van der Waals surface area contributed by atoms with Crippen LogP contribution >= 0.6 is 61.4 Å². The first-order valence-corrected chi connectivity index (χ1v) is 18.1. The van der Waals surface area contributed by atoms with Gasteiger partial charge in [0.15, 0.2) is 0 Å². The van der Waals surface area contributed by atoms with Crippen molar-refractivity contribution in [2.75, 3.05) is 38.9 Å². The Morgan fingerprint density at radius 1 is 0.698 bits per heavy atom. The first-order valence-electron chi connectivity index (χ1n) is 13.1. The van der Waals surface area contributed by atoms with Gasteiger partial charge >= 0.3 is 15.0 Å². The number of non-ortho nitro benzene ring substituents is 2. The van der Waals surface area contributed by atoms with Gasteiger partial charge < -0.3 is 9.05 Å². The topological polar surface area (TPSA) is 145 Å². The van der Waals surface area contributed by atoms with Gasteiger partial charge in [0.1, 0.15) is 0 Å². The van der Waals surface area contributed by atoms with Crippen molar-refractivity contribution in [3.8, 4) is 0 Å². The lowest BCUT2D eigenvalue weighted by molar-refractivity contribution is -0.385. The lowest BCUT2D eigenvalue weighted by atomic mass is 10.2. The largest absolute Gasteiger partial charge is 0.319 e.